The van der Waals surface area contributed by atoms with Crippen LogP contribution in [0.4, 0.5) is 5.69 Å². The lowest BCUT2D eigenvalue weighted by Crippen LogP contribution is -2.24. The second-order valence-corrected chi connectivity index (χ2v) is 7.53. The second kappa shape index (κ2) is 8.48. The number of ether oxygens (including phenoxy) is 2. The third kappa shape index (κ3) is 5.32. The van der Waals surface area contributed by atoms with Gasteiger partial charge in [-0.05, 0) is 29.8 Å². The highest BCUT2D eigenvalue weighted by Gasteiger charge is 2.19. The molecule has 2 aromatic rings. The van der Waals surface area contributed by atoms with Gasteiger partial charge in [-0.2, -0.15) is 0 Å². The average molecular weight is 377 g/mol. The molecule has 8 heteroatoms. The van der Waals surface area contributed by atoms with Gasteiger partial charge < -0.3 is 14.8 Å². The molecule has 7 nitrogen and oxygen atoms in total. The van der Waals surface area contributed by atoms with Crippen LogP contribution in [0.2, 0.25) is 0 Å². The molecule has 0 atom stereocenters. The van der Waals surface area contributed by atoms with Gasteiger partial charge in [0.25, 0.3) is 0 Å². The number of rotatable bonds is 7. The molecule has 26 heavy (non-hydrogen) atoms. The second-order valence-electron chi connectivity index (χ2n) is 5.47. The van der Waals surface area contributed by atoms with Gasteiger partial charge in [-0.25, -0.2) is 13.2 Å². The van der Waals surface area contributed by atoms with Crippen LogP contribution in [0.3, 0.4) is 0 Å². The molecule has 2 rings (SSSR count). The first-order chi connectivity index (χ1) is 12.3. The van der Waals surface area contributed by atoms with Gasteiger partial charge in [-0.3, -0.25) is 4.79 Å². The standard InChI is InChI=1S/C18H19NO6S/c1-24-16-6-4-3-5-15(16)19-17(20)12-26(22,23)11-13-7-9-14(10-8-13)18(21)25-2/h3-10H,11-12H2,1-2H3,(H,19,20). The Morgan fingerprint density at radius 3 is 2.27 bits per heavy atom. The average Bonchev–Trinajstić information content (AvgIpc) is 2.61. The van der Waals surface area contributed by atoms with Crippen molar-refractivity contribution in [2.24, 2.45) is 0 Å². The van der Waals surface area contributed by atoms with Crippen molar-refractivity contribution in [3.63, 3.8) is 0 Å². The van der Waals surface area contributed by atoms with E-state index in [0.29, 0.717) is 22.6 Å². The Morgan fingerprint density at radius 1 is 1.00 bits per heavy atom. The van der Waals surface area contributed by atoms with E-state index in [0.717, 1.165) is 0 Å². The summed E-state index contributed by atoms with van der Waals surface area (Å²) < 4.78 is 34.2. The van der Waals surface area contributed by atoms with Crippen molar-refractivity contribution < 1.29 is 27.5 Å². The lowest BCUT2D eigenvalue weighted by molar-refractivity contribution is -0.113. The van der Waals surface area contributed by atoms with E-state index in [-0.39, 0.29) is 5.75 Å². The number of hydrogen-bond donors (Lipinski definition) is 1. The largest absolute Gasteiger partial charge is 0.495 e. The summed E-state index contributed by atoms with van der Waals surface area (Å²) >= 11 is 0. The summed E-state index contributed by atoms with van der Waals surface area (Å²) in [5, 5.41) is 2.53. The number of methoxy groups -OCH3 is 2. The minimum Gasteiger partial charge on any atom is -0.495 e. The molecule has 1 amide bonds. The maximum Gasteiger partial charge on any atom is 0.337 e. The summed E-state index contributed by atoms with van der Waals surface area (Å²) in [6.07, 6.45) is 0. The van der Waals surface area contributed by atoms with Crippen LogP contribution in [0.15, 0.2) is 48.5 Å². The van der Waals surface area contributed by atoms with Crippen molar-refractivity contribution in [1.82, 2.24) is 0 Å². The number of nitrogens with one attached hydrogen (secondary N) is 1. The van der Waals surface area contributed by atoms with E-state index in [1.54, 1.807) is 24.3 Å². The molecule has 0 radical (unpaired) electrons. The molecule has 0 spiro atoms. The van der Waals surface area contributed by atoms with Crippen LogP contribution in [0.25, 0.3) is 0 Å². The van der Waals surface area contributed by atoms with Gasteiger partial charge in [-0.1, -0.05) is 24.3 Å². The first kappa shape index (κ1) is 19.5. The van der Waals surface area contributed by atoms with E-state index in [2.05, 4.69) is 10.1 Å². The van der Waals surface area contributed by atoms with Crippen LogP contribution < -0.4 is 10.1 Å². The summed E-state index contributed by atoms with van der Waals surface area (Å²) in [6, 6.07) is 12.7. The van der Waals surface area contributed by atoms with Crippen molar-refractivity contribution in [2.45, 2.75) is 5.75 Å². The minimum absolute atomic E-state index is 0.312. The lowest BCUT2D eigenvalue weighted by Gasteiger charge is -2.10. The highest BCUT2D eigenvalue weighted by molar-refractivity contribution is 7.91. The number of anilines is 1. The monoisotopic (exact) mass is 377 g/mol. The van der Waals surface area contributed by atoms with E-state index in [1.165, 1.54) is 38.5 Å². The zero-order chi connectivity index (χ0) is 19.2. The normalized spacial score (nSPS) is 10.8. The summed E-state index contributed by atoms with van der Waals surface area (Å²) in [5.74, 6) is -1.69. The van der Waals surface area contributed by atoms with Crippen molar-refractivity contribution >= 4 is 27.4 Å². The fourth-order valence-electron chi connectivity index (χ4n) is 2.29. The Morgan fingerprint density at radius 2 is 1.65 bits per heavy atom. The predicted octanol–water partition coefficient (Wildman–Crippen LogP) is 2.04. The smallest absolute Gasteiger partial charge is 0.337 e. The molecular formula is C18H19NO6S. The van der Waals surface area contributed by atoms with E-state index in [1.807, 2.05) is 0 Å². The molecule has 0 saturated heterocycles. The molecule has 0 aliphatic rings. The van der Waals surface area contributed by atoms with E-state index < -0.39 is 27.5 Å². The number of carbonyl (C=O) groups excluding carboxylic acids is 2. The maximum absolute atomic E-state index is 12.2. The number of esters is 1. The summed E-state index contributed by atoms with van der Waals surface area (Å²) in [4.78, 5) is 23.4. The van der Waals surface area contributed by atoms with Gasteiger partial charge in [0.15, 0.2) is 9.84 Å². The van der Waals surface area contributed by atoms with Crippen LogP contribution in [0.5, 0.6) is 5.75 Å². The molecule has 0 fully saturated rings. The van der Waals surface area contributed by atoms with Crippen LogP contribution in [0.1, 0.15) is 15.9 Å². The fourth-order valence-corrected chi connectivity index (χ4v) is 3.57. The summed E-state index contributed by atoms with van der Waals surface area (Å²) in [6.45, 7) is 0. The number of para-hydroxylation sites is 2. The van der Waals surface area contributed by atoms with Gasteiger partial charge in [0, 0.05) is 0 Å². The van der Waals surface area contributed by atoms with Crippen LogP contribution in [0, 0.1) is 0 Å². The molecule has 0 heterocycles. The topological polar surface area (TPSA) is 98.8 Å². The number of amides is 1. The first-order valence-electron chi connectivity index (χ1n) is 7.65. The van der Waals surface area contributed by atoms with Gasteiger partial charge in [0.05, 0.1) is 31.2 Å². The van der Waals surface area contributed by atoms with E-state index >= 15 is 0 Å². The first-order valence-corrected chi connectivity index (χ1v) is 9.47. The zero-order valence-corrected chi connectivity index (χ0v) is 15.2. The molecule has 0 bridgehead atoms. The van der Waals surface area contributed by atoms with Crippen molar-refractivity contribution in [3.05, 3.63) is 59.7 Å². The Balaban J connectivity index is 2.01. The van der Waals surface area contributed by atoms with Crippen LogP contribution in [-0.2, 0) is 25.1 Å². The Labute approximate surface area is 151 Å². The quantitative estimate of drug-likeness (QED) is 0.742. The highest BCUT2D eigenvalue weighted by Crippen LogP contribution is 2.23. The van der Waals surface area contributed by atoms with Gasteiger partial charge in [0.1, 0.15) is 11.5 Å². The number of hydrogen-bond acceptors (Lipinski definition) is 6. The Kier molecular flexibility index (Phi) is 6.35. The molecule has 138 valence electrons. The van der Waals surface area contributed by atoms with Gasteiger partial charge >= 0.3 is 5.97 Å². The fraction of sp³-hybridized carbons (Fsp3) is 0.222. The van der Waals surface area contributed by atoms with Crippen LogP contribution >= 0.6 is 0 Å². The molecule has 0 aliphatic heterocycles. The molecular weight excluding hydrogens is 358 g/mol. The Bertz CT molecular complexity index is 890. The van der Waals surface area contributed by atoms with Crippen molar-refractivity contribution in [2.75, 3.05) is 25.3 Å². The van der Waals surface area contributed by atoms with E-state index in [9.17, 15) is 18.0 Å². The predicted molar refractivity (Wildman–Crippen MR) is 96.9 cm³/mol. The maximum atomic E-state index is 12.2. The van der Waals surface area contributed by atoms with Crippen LogP contribution in [-0.4, -0.2) is 40.3 Å². The number of sulfone groups is 1. The van der Waals surface area contributed by atoms with E-state index in [4.69, 9.17) is 4.74 Å². The molecule has 0 saturated carbocycles. The van der Waals surface area contributed by atoms with Gasteiger partial charge in [0.2, 0.25) is 5.91 Å². The lowest BCUT2D eigenvalue weighted by atomic mass is 10.1. The summed E-state index contributed by atoms with van der Waals surface area (Å²) in [5.41, 5.74) is 1.20. The van der Waals surface area contributed by atoms with Crippen molar-refractivity contribution in [1.29, 1.82) is 0 Å². The molecule has 0 unspecified atom stereocenters. The molecule has 2 aromatic carbocycles. The SMILES string of the molecule is COC(=O)c1ccc(CS(=O)(=O)CC(=O)Nc2ccccc2OC)cc1. The molecule has 0 aliphatic carbocycles. The Hall–Kier alpha value is -2.87. The molecule has 1 N–H and O–H groups in total. The number of benzene rings is 2. The van der Waals surface area contributed by atoms with Gasteiger partial charge in [-0.15, -0.1) is 0 Å². The zero-order valence-electron chi connectivity index (χ0n) is 14.4. The highest BCUT2D eigenvalue weighted by atomic mass is 32.2. The number of carbonyl (C=O) groups is 2. The third-order valence-electron chi connectivity index (χ3n) is 3.49. The summed E-state index contributed by atoms with van der Waals surface area (Å²) in [7, 11) is -0.958. The molecule has 0 aromatic heterocycles. The minimum atomic E-state index is -3.68. The van der Waals surface area contributed by atoms with Crippen molar-refractivity contribution in [3.8, 4) is 5.75 Å². The third-order valence-corrected chi connectivity index (χ3v) is 4.97.